The second-order valence-electron chi connectivity index (χ2n) is 6.21. The van der Waals surface area contributed by atoms with Gasteiger partial charge in [-0.3, -0.25) is 4.79 Å². The SMILES string of the molecule is COc1ccccc1NC(=O)C(C#N)Cc1cc2ccc(C)cc2nc1Cl. The molecule has 6 heteroatoms. The number of aromatic nitrogens is 1. The molecule has 3 rings (SSSR count). The minimum absolute atomic E-state index is 0.174. The summed E-state index contributed by atoms with van der Waals surface area (Å²) >= 11 is 6.30. The predicted octanol–water partition coefficient (Wildman–Crippen LogP) is 4.53. The maximum Gasteiger partial charge on any atom is 0.242 e. The molecule has 3 aromatic rings. The van der Waals surface area contributed by atoms with E-state index in [0.29, 0.717) is 22.2 Å². The lowest BCUT2D eigenvalue weighted by atomic mass is 9.99. The van der Waals surface area contributed by atoms with Crippen LogP contribution >= 0.6 is 11.6 Å². The summed E-state index contributed by atoms with van der Waals surface area (Å²) in [5, 5.41) is 13.5. The fourth-order valence-corrected chi connectivity index (χ4v) is 3.05. The van der Waals surface area contributed by atoms with Crippen LogP contribution in [0, 0.1) is 24.2 Å². The Morgan fingerprint density at radius 1 is 1.30 bits per heavy atom. The van der Waals surface area contributed by atoms with E-state index in [0.717, 1.165) is 16.5 Å². The molecule has 0 aliphatic heterocycles. The summed E-state index contributed by atoms with van der Waals surface area (Å²) in [5.74, 6) is -0.789. The van der Waals surface area contributed by atoms with Gasteiger partial charge >= 0.3 is 0 Å². The quantitative estimate of drug-likeness (QED) is 0.661. The number of aryl methyl sites for hydroxylation is 1. The maximum atomic E-state index is 12.6. The fraction of sp³-hybridized carbons (Fsp3) is 0.190. The molecule has 1 amide bonds. The number of nitriles is 1. The van der Waals surface area contributed by atoms with E-state index >= 15 is 0 Å². The Labute approximate surface area is 162 Å². The zero-order valence-electron chi connectivity index (χ0n) is 15.0. The summed E-state index contributed by atoms with van der Waals surface area (Å²) in [5.41, 5.74) is 3.05. The number of hydrogen-bond donors (Lipinski definition) is 1. The van der Waals surface area contributed by atoms with Crippen LogP contribution in [0.5, 0.6) is 5.75 Å². The zero-order chi connectivity index (χ0) is 19.4. The topological polar surface area (TPSA) is 75.0 Å². The van der Waals surface area contributed by atoms with E-state index in [4.69, 9.17) is 16.3 Å². The van der Waals surface area contributed by atoms with Crippen molar-refractivity contribution in [3.63, 3.8) is 0 Å². The third-order valence-corrected chi connectivity index (χ3v) is 4.59. The van der Waals surface area contributed by atoms with E-state index < -0.39 is 11.8 Å². The lowest BCUT2D eigenvalue weighted by molar-refractivity contribution is -0.118. The second kappa shape index (κ2) is 8.07. The standard InChI is InChI=1S/C21H18ClN3O2/c1-13-7-8-14-10-15(20(22)24-18(14)9-13)11-16(12-23)21(26)25-17-5-3-4-6-19(17)27-2/h3-10,16H,11H2,1-2H3,(H,25,26). The summed E-state index contributed by atoms with van der Waals surface area (Å²) in [6.45, 7) is 1.98. The Kier molecular flexibility index (Phi) is 5.58. The van der Waals surface area contributed by atoms with Gasteiger partial charge in [-0.2, -0.15) is 5.26 Å². The van der Waals surface area contributed by atoms with Crippen LogP contribution in [0.2, 0.25) is 5.15 Å². The number of nitrogens with zero attached hydrogens (tertiary/aromatic N) is 2. The summed E-state index contributed by atoms with van der Waals surface area (Å²) in [6, 6.07) is 16.9. The minimum atomic E-state index is -0.905. The zero-order valence-corrected chi connectivity index (χ0v) is 15.7. The first kappa shape index (κ1) is 18.7. The highest BCUT2D eigenvalue weighted by atomic mass is 35.5. The summed E-state index contributed by atoms with van der Waals surface area (Å²) in [6.07, 6.45) is 0.174. The number of rotatable bonds is 5. The van der Waals surface area contributed by atoms with E-state index in [1.165, 1.54) is 7.11 Å². The summed E-state index contributed by atoms with van der Waals surface area (Å²) in [7, 11) is 1.52. The van der Waals surface area contributed by atoms with Gasteiger partial charge in [0.25, 0.3) is 0 Å². The van der Waals surface area contributed by atoms with Gasteiger partial charge in [0.05, 0.1) is 24.4 Å². The number of nitrogens with one attached hydrogen (secondary N) is 1. The maximum absolute atomic E-state index is 12.6. The highest BCUT2D eigenvalue weighted by Crippen LogP contribution is 2.26. The number of hydrogen-bond acceptors (Lipinski definition) is 4. The number of anilines is 1. The third kappa shape index (κ3) is 4.18. The molecule has 1 aromatic heterocycles. The Morgan fingerprint density at radius 2 is 2.07 bits per heavy atom. The van der Waals surface area contributed by atoms with Crippen molar-refractivity contribution in [2.45, 2.75) is 13.3 Å². The highest BCUT2D eigenvalue weighted by molar-refractivity contribution is 6.30. The number of methoxy groups -OCH3 is 1. The van der Waals surface area contributed by atoms with Gasteiger partial charge in [0.15, 0.2) is 0 Å². The molecule has 0 radical (unpaired) electrons. The van der Waals surface area contributed by atoms with E-state index in [1.54, 1.807) is 24.3 Å². The van der Waals surface area contributed by atoms with E-state index in [9.17, 15) is 10.1 Å². The van der Waals surface area contributed by atoms with Crippen LogP contribution in [0.15, 0.2) is 48.5 Å². The number of carbonyl (C=O) groups is 1. The molecule has 0 aliphatic rings. The van der Waals surface area contributed by atoms with E-state index in [1.807, 2.05) is 31.2 Å². The second-order valence-corrected chi connectivity index (χ2v) is 6.57. The molecule has 0 aliphatic carbocycles. The summed E-state index contributed by atoms with van der Waals surface area (Å²) in [4.78, 5) is 17.0. The molecule has 0 spiro atoms. The molecule has 1 unspecified atom stereocenters. The van der Waals surface area contributed by atoms with Crippen molar-refractivity contribution in [3.8, 4) is 11.8 Å². The van der Waals surface area contributed by atoms with Crippen molar-refractivity contribution in [3.05, 3.63) is 64.8 Å². The van der Waals surface area contributed by atoms with Crippen molar-refractivity contribution in [1.29, 1.82) is 5.26 Å². The number of halogens is 1. The Morgan fingerprint density at radius 3 is 2.81 bits per heavy atom. The van der Waals surface area contributed by atoms with Gasteiger partial charge in [-0.25, -0.2) is 4.98 Å². The molecule has 0 saturated carbocycles. The van der Waals surface area contributed by atoms with Crippen LogP contribution in [-0.2, 0) is 11.2 Å². The van der Waals surface area contributed by atoms with Crippen LogP contribution in [0.1, 0.15) is 11.1 Å². The number of carbonyl (C=O) groups excluding carboxylic acids is 1. The normalized spacial score (nSPS) is 11.6. The van der Waals surface area contributed by atoms with Gasteiger partial charge in [0, 0.05) is 11.8 Å². The number of fused-ring (bicyclic) bond motifs is 1. The molecule has 2 aromatic carbocycles. The number of para-hydroxylation sites is 2. The lowest BCUT2D eigenvalue weighted by Crippen LogP contribution is -2.24. The molecule has 0 bridgehead atoms. The smallest absolute Gasteiger partial charge is 0.242 e. The molecule has 1 atom stereocenters. The highest BCUT2D eigenvalue weighted by Gasteiger charge is 2.21. The molecular weight excluding hydrogens is 362 g/mol. The fourth-order valence-electron chi connectivity index (χ4n) is 2.83. The number of amides is 1. The molecule has 5 nitrogen and oxygen atoms in total. The Bertz CT molecular complexity index is 1040. The first-order valence-electron chi connectivity index (χ1n) is 8.41. The Hall–Kier alpha value is -3.10. The average molecular weight is 380 g/mol. The van der Waals surface area contributed by atoms with Gasteiger partial charge < -0.3 is 10.1 Å². The van der Waals surface area contributed by atoms with Crippen molar-refractivity contribution < 1.29 is 9.53 Å². The number of pyridine rings is 1. The van der Waals surface area contributed by atoms with Crippen LogP contribution in [0.25, 0.3) is 10.9 Å². The summed E-state index contributed by atoms with van der Waals surface area (Å²) < 4.78 is 5.23. The van der Waals surface area contributed by atoms with Crippen LogP contribution in [0.3, 0.4) is 0 Å². The van der Waals surface area contributed by atoms with Crippen molar-refractivity contribution in [1.82, 2.24) is 4.98 Å². The molecule has 0 fully saturated rings. The molecule has 136 valence electrons. The van der Waals surface area contributed by atoms with Crippen LogP contribution in [0.4, 0.5) is 5.69 Å². The van der Waals surface area contributed by atoms with Crippen molar-refractivity contribution in [2.75, 3.05) is 12.4 Å². The van der Waals surface area contributed by atoms with Gasteiger partial charge in [-0.1, -0.05) is 35.9 Å². The van der Waals surface area contributed by atoms with Gasteiger partial charge in [0.1, 0.15) is 16.8 Å². The van der Waals surface area contributed by atoms with Gasteiger partial charge in [0.2, 0.25) is 5.91 Å². The molecule has 1 N–H and O–H groups in total. The molecular formula is C21H18ClN3O2. The van der Waals surface area contributed by atoms with Crippen molar-refractivity contribution in [2.24, 2.45) is 5.92 Å². The predicted molar refractivity (Wildman–Crippen MR) is 106 cm³/mol. The lowest BCUT2D eigenvalue weighted by Gasteiger charge is -2.14. The Balaban J connectivity index is 1.83. The first-order chi connectivity index (χ1) is 13.0. The molecule has 0 saturated heterocycles. The van der Waals surface area contributed by atoms with E-state index in [2.05, 4.69) is 16.4 Å². The number of ether oxygens (including phenoxy) is 1. The van der Waals surface area contributed by atoms with Crippen molar-refractivity contribution >= 4 is 34.1 Å². The molecule has 1 heterocycles. The third-order valence-electron chi connectivity index (χ3n) is 4.26. The van der Waals surface area contributed by atoms with E-state index in [-0.39, 0.29) is 6.42 Å². The van der Waals surface area contributed by atoms with Crippen LogP contribution < -0.4 is 10.1 Å². The van der Waals surface area contributed by atoms with Gasteiger partial charge in [-0.15, -0.1) is 0 Å². The number of benzene rings is 2. The van der Waals surface area contributed by atoms with Crippen LogP contribution in [-0.4, -0.2) is 18.0 Å². The largest absolute Gasteiger partial charge is 0.495 e. The monoisotopic (exact) mass is 379 g/mol. The average Bonchev–Trinajstić information content (AvgIpc) is 2.66. The van der Waals surface area contributed by atoms with Gasteiger partial charge in [-0.05, 0) is 42.3 Å². The molecule has 27 heavy (non-hydrogen) atoms. The minimum Gasteiger partial charge on any atom is -0.495 e. The first-order valence-corrected chi connectivity index (χ1v) is 8.79.